The summed E-state index contributed by atoms with van der Waals surface area (Å²) in [5.41, 5.74) is 3.00. The van der Waals surface area contributed by atoms with Gasteiger partial charge in [-0.25, -0.2) is 0 Å². The summed E-state index contributed by atoms with van der Waals surface area (Å²) < 4.78 is 20.0. The van der Waals surface area contributed by atoms with Gasteiger partial charge >= 0.3 is 7.37 Å². The molecule has 0 amide bonds. The smallest absolute Gasteiger partial charge is 0.330 e. The van der Waals surface area contributed by atoms with E-state index in [1.165, 1.54) is 19.3 Å². The normalized spacial score (nSPS) is 12.6. The maximum absolute atomic E-state index is 14.1. The van der Waals surface area contributed by atoms with E-state index < -0.39 is 7.37 Å². The van der Waals surface area contributed by atoms with Gasteiger partial charge in [0.1, 0.15) is 0 Å². The van der Waals surface area contributed by atoms with E-state index in [0.717, 1.165) is 29.7 Å². The van der Waals surface area contributed by atoms with Crippen molar-refractivity contribution in [2.24, 2.45) is 5.16 Å². The van der Waals surface area contributed by atoms with Crippen LogP contribution >= 0.6 is 7.37 Å². The Morgan fingerprint density at radius 1 is 0.812 bits per heavy atom. The molecule has 0 aromatic heterocycles. The zero-order valence-electron chi connectivity index (χ0n) is 19.0. The summed E-state index contributed by atoms with van der Waals surface area (Å²) in [6.45, 7) is 4.15. The van der Waals surface area contributed by atoms with E-state index in [1.54, 1.807) is 0 Å². The molecule has 0 aliphatic rings. The molecule has 4 heteroatoms. The number of hydrogen-bond acceptors (Lipinski definition) is 3. The lowest BCUT2D eigenvalue weighted by Gasteiger charge is -2.17. The van der Waals surface area contributed by atoms with Crippen LogP contribution in [0.25, 0.3) is 6.08 Å². The van der Waals surface area contributed by atoms with Crippen LogP contribution in [0.4, 0.5) is 0 Å². The summed E-state index contributed by atoms with van der Waals surface area (Å²) in [7, 11) is -3.35. The van der Waals surface area contributed by atoms with Gasteiger partial charge in [-0.15, -0.1) is 0 Å². The Morgan fingerprint density at radius 3 is 1.88 bits per heavy atom. The van der Waals surface area contributed by atoms with Crippen LogP contribution in [0.1, 0.15) is 51.5 Å². The Balaban J connectivity index is 1.91. The van der Waals surface area contributed by atoms with Gasteiger partial charge in [-0.05, 0) is 61.2 Å². The van der Waals surface area contributed by atoms with Gasteiger partial charge in [-0.3, -0.25) is 4.57 Å². The molecule has 0 spiro atoms. The first-order valence-corrected chi connectivity index (χ1v) is 13.0. The summed E-state index contributed by atoms with van der Waals surface area (Å²) in [5, 5.41) is 5.71. The van der Waals surface area contributed by atoms with Crippen molar-refractivity contribution in [1.29, 1.82) is 0 Å². The minimum absolute atomic E-state index is 0.638. The third-order valence-electron chi connectivity index (χ3n) is 5.39. The van der Waals surface area contributed by atoms with Crippen LogP contribution in [0.5, 0.6) is 0 Å². The van der Waals surface area contributed by atoms with Crippen molar-refractivity contribution in [3.63, 3.8) is 0 Å². The minimum atomic E-state index is -3.35. The monoisotopic (exact) mass is 445 g/mol. The molecule has 0 unspecified atom stereocenters. The van der Waals surface area contributed by atoms with Crippen LogP contribution in [0, 0.1) is 0 Å². The summed E-state index contributed by atoms with van der Waals surface area (Å²) in [6.07, 6.45) is 7.77. The number of rotatable bonds is 11. The van der Waals surface area contributed by atoms with E-state index in [9.17, 15) is 4.57 Å². The zero-order chi connectivity index (χ0) is 22.7. The fourth-order valence-corrected chi connectivity index (χ4v) is 5.37. The van der Waals surface area contributed by atoms with Crippen molar-refractivity contribution in [3.05, 3.63) is 102 Å². The molecule has 0 aliphatic carbocycles. The highest BCUT2D eigenvalue weighted by Gasteiger charge is 2.30. The molecule has 0 heterocycles. The van der Waals surface area contributed by atoms with Crippen LogP contribution < -0.4 is 10.6 Å². The first kappa shape index (κ1) is 23.8. The predicted octanol–water partition coefficient (Wildman–Crippen LogP) is 7.36. The molecule has 0 saturated carbocycles. The third-order valence-corrected chi connectivity index (χ3v) is 7.66. The van der Waals surface area contributed by atoms with E-state index in [2.05, 4.69) is 30.3 Å². The van der Waals surface area contributed by atoms with Crippen molar-refractivity contribution in [2.45, 2.75) is 46.0 Å². The SMILES string of the molecule is CCCCCCC(=Cc1ccccc1)C(C)=NOP(=O)(c1ccccc1)c1ccccc1. The maximum atomic E-state index is 14.1. The highest BCUT2D eigenvalue weighted by molar-refractivity contribution is 7.74. The molecule has 0 bridgehead atoms. The van der Waals surface area contributed by atoms with Crippen LogP contribution in [-0.4, -0.2) is 5.71 Å². The second kappa shape index (κ2) is 12.2. The van der Waals surface area contributed by atoms with Gasteiger partial charge in [0, 0.05) is 0 Å². The summed E-state index contributed by atoms with van der Waals surface area (Å²) >= 11 is 0. The number of benzene rings is 3. The molecule has 0 saturated heterocycles. The van der Waals surface area contributed by atoms with Crippen molar-refractivity contribution < 1.29 is 9.19 Å². The summed E-state index contributed by atoms with van der Waals surface area (Å²) in [6, 6.07) is 28.9. The highest BCUT2D eigenvalue weighted by Crippen LogP contribution is 2.45. The van der Waals surface area contributed by atoms with Crippen LogP contribution in [0.3, 0.4) is 0 Å². The Morgan fingerprint density at radius 2 is 1.34 bits per heavy atom. The molecule has 3 aromatic carbocycles. The minimum Gasteiger partial charge on any atom is -0.330 e. The lowest BCUT2D eigenvalue weighted by molar-refractivity contribution is 0.349. The lowest BCUT2D eigenvalue weighted by Crippen LogP contribution is -2.17. The van der Waals surface area contributed by atoms with Gasteiger partial charge in [-0.1, -0.05) is 98.1 Å². The largest absolute Gasteiger partial charge is 0.330 e. The zero-order valence-corrected chi connectivity index (χ0v) is 19.9. The molecule has 0 atom stereocenters. The van der Waals surface area contributed by atoms with Gasteiger partial charge in [0.05, 0.1) is 16.3 Å². The van der Waals surface area contributed by atoms with Gasteiger partial charge in [0.15, 0.2) is 0 Å². The van der Waals surface area contributed by atoms with E-state index in [0.29, 0.717) is 10.6 Å². The Hall–Kier alpha value is -2.90. The van der Waals surface area contributed by atoms with Crippen molar-refractivity contribution >= 4 is 29.8 Å². The number of allylic oxidation sites excluding steroid dienone is 1. The van der Waals surface area contributed by atoms with Gasteiger partial charge in [0.2, 0.25) is 0 Å². The van der Waals surface area contributed by atoms with Crippen molar-refractivity contribution in [1.82, 2.24) is 0 Å². The molecule has 3 aromatic rings. The Bertz CT molecular complexity index is 1020. The molecule has 166 valence electrons. The number of hydrogen-bond donors (Lipinski definition) is 0. The molecule has 0 fully saturated rings. The van der Waals surface area contributed by atoms with E-state index in [-0.39, 0.29) is 0 Å². The third kappa shape index (κ3) is 6.55. The first-order valence-electron chi connectivity index (χ1n) is 11.3. The van der Waals surface area contributed by atoms with E-state index in [4.69, 9.17) is 4.62 Å². The molecule has 0 aliphatic heterocycles. The summed E-state index contributed by atoms with van der Waals surface area (Å²) in [5.74, 6) is 0. The predicted molar refractivity (Wildman–Crippen MR) is 137 cm³/mol. The molecule has 0 radical (unpaired) electrons. The maximum Gasteiger partial charge on any atom is 0.330 e. The fourth-order valence-electron chi connectivity index (χ4n) is 3.52. The molecular weight excluding hydrogens is 413 g/mol. The van der Waals surface area contributed by atoms with Gasteiger partial charge < -0.3 is 4.62 Å². The Kier molecular flexibility index (Phi) is 9.07. The fraction of sp³-hybridized carbons (Fsp3) is 0.250. The molecular formula is C28H32NO2P. The second-order valence-corrected chi connectivity index (χ2v) is 10.2. The number of nitrogens with zero attached hydrogens (tertiary/aromatic N) is 1. The number of unbranched alkanes of at least 4 members (excludes halogenated alkanes) is 3. The second-order valence-electron chi connectivity index (χ2n) is 7.87. The first-order chi connectivity index (χ1) is 15.6. The van der Waals surface area contributed by atoms with Crippen LogP contribution in [-0.2, 0) is 9.19 Å². The van der Waals surface area contributed by atoms with E-state index >= 15 is 0 Å². The van der Waals surface area contributed by atoms with Crippen LogP contribution in [0.2, 0.25) is 0 Å². The Labute approximate surface area is 192 Å². The average molecular weight is 446 g/mol. The molecule has 3 rings (SSSR count). The molecule has 3 nitrogen and oxygen atoms in total. The van der Waals surface area contributed by atoms with Crippen LogP contribution in [0.15, 0.2) is 102 Å². The lowest BCUT2D eigenvalue weighted by atomic mass is 10.0. The summed E-state index contributed by atoms with van der Waals surface area (Å²) in [4.78, 5) is 0. The van der Waals surface area contributed by atoms with E-state index in [1.807, 2.05) is 85.8 Å². The van der Waals surface area contributed by atoms with Crippen molar-refractivity contribution in [3.8, 4) is 0 Å². The van der Waals surface area contributed by atoms with Gasteiger partial charge in [-0.2, -0.15) is 0 Å². The standard InChI is InChI=1S/C28H32NO2P/c1-3-4-5-11-18-26(23-25-16-9-6-10-17-25)24(2)29-31-32(30,27-19-12-7-13-20-27)28-21-14-8-15-22-28/h6-10,12-17,19-23H,3-5,11,18H2,1-2H3. The number of oxime groups is 1. The molecule has 0 N–H and O–H groups in total. The highest BCUT2D eigenvalue weighted by atomic mass is 31.2. The van der Waals surface area contributed by atoms with Gasteiger partial charge in [0.25, 0.3) is 0 Å². The quantitative estimate of drug-likeness (QED) is 0.134. The molecule has 32 heavy (non-hydrogen) atoms. The topological polar surface area (TPSA) is 38.7 Å². The average Bonchev–Trinajstić information content (AvgIpc) is 2.86. The van der Waals surface area contributed by atoms with Crippen molar-refractivity contribution in [2.75, 3.05) is 0 Å².